The lowest BCUT2D eigenvalue weighted by Crippen LogP contribution is -2.35. The third kappa shape index (κ3) is 3.97. The van der Waals surface area contributed by atoms with Crippen LogP contribution in [0.1, 0.15) is 10.4 Å². The van der Waals surface area contributed by atoms with Gasteiger partial charge in [0.2, 0.25) is 0 Å². The summed E-state index contributed by atoms with van der Waals surface area (Å²) in [6, 6.07) is 9.55. The molecule has 0 radical (unpaired) electrons. The minimum absolute atomic E-state index is 0.169. The Morgan fingerprint density at radius 3 is 3.04 bits per heavy atom. The maximum atomic E-state index is 12.4. The van der Waals surface area contributed by atoms with Crippen LogP contribution < -0.4 is 5.32 Å². The Hall–Kier alpha value is -2.18. The van der Waals surface area contributed by atoms with Crippen molar-refractivity contribution in [3.05, 3.63) is 42.2 Å². The largest absolute Gasteiger partial charge is 0.380 e. The molecule has 3 rings (SSSR count). The van der Waals surface area contributed by atoms with Crippen LogP contribution in [-0.2, 0) is 4.74 Å². The summed E-state index contributed by atoms with van der Waals surface area (Å²) in [5.74, 6) is 0.114. The second kappa shape index (κ2) is 7.39. The van der Waals surface area contributed by atoms with Gasteiger partial charge in [-0.1, -0.05) is 35.5 Å². The number of likely N-dealkylation sites (N-methyl/N-ethyl adjacent to an activating group) is 1. The van der Waals surface area contributed by atoms with E-state index in [0.717, 1.165) is 25.3 Å². The van der Waals surface area contributed by atoms with Crippen LogP contribution in [0.15, 0.2) is 41.1 Å². The number of amides is 1. The quantitative estimate of drug-likeness (QED) is 0.929. The van der Waals surface area contributed by atoms with E-state index < -0.39 is 0 Å². The van der Waals surface area contributed by atoms with Gasteiger partial charge in [-0.25, -0.2) is 0 Å². The number of aromatic nitrogens is 1. The molecule has 1 aliphatic heterocycles. The summed E-state index contributed by atoms with van der Waals surface area (Å²) in [4.78, 5) is 14.7. The summed E-state index contributed by atoms with van der Waals surface area (Å²) in [5.41, 5.74) is 1.89. The van der Waals surface area contributed by atoms with Crippen LogP contribution in [0.3, 0.4) is 0 Å². The molecule has 1 aromatic heterocycles. The van der Waals surface area contributed by atoms with Gasteiger partial charge in [-0.15, -0.1) is 0 Å². The number of nitrogens with one attached hydrogen (secondary N) is 1. The zero-order valence-corrected chi connectivity index (χ0v) is 13.2. The Kier molecular flexibility index (Phi) is 5.05. The van der Waals surface area contributed by atoms with Crippen molar-refractivity contribution < 1.29 is 14.1 Å². The summed E-state index contributed by atoms with van der Waals surface area (Å²) in [6.45, 7) is 3.82. The summed E-state index contributed by atoms with van der Waals surface area (Å²) in [6.07, 6.45) is 1.40. The maximum Gasteiger partial charge on any atom is 0.256 e. The van der Waals surface area contributed by atoms with Crippen LogP contribution in [0.2, 0.25) is 0 Å². The van der Waals surface area contributed by atoms with E-state index in [0.29, 0.717) is 24.4 Å². The molecule has 1 aliphatic rings. The molecule has 1 N–H and O–H groups in total. The molecule has 23 heavy (non-hydrogen) atoms. The highest BCUT2D eigenvalue weighted by molar-refractivity contribution is 5.99. The molecule has 1 saturated heterocycles. The maximum absolute atomic E-state index is 12.4. The summed E-state index contributed by atoms with van der Waals surface area (Å²) >= 11 is 0. The number of benzene rings is 1. The molecule has 6 heteroatoms. The van der Waals surface area contributed by atoms with Gasteiger partial charge in [-0.05, 0) is 7.05 Å². The van der Waals surface area contributed by atoms with Crippen LogP contribution in [0.25, 0.3) is 11.3 Å². The van der Waals surface area contributed by atoms with Crippen LogP contribution in [0.5, 0.6) is 0 Å². The van der Waals surface area contributed by atoms with Gasteiger partial charge in [0.15, 0.2) is 0 Å². The van der Waals surface area contributed by atoms with Crippen LogP contribution >= 0.6 is 0 Å². The number of hydrogen-bond acceptors (Lipinski definition) is 5. The topological polar surface area (TPSA) is 67.6 Å². The van der Waals surface area contributed by atoms with Gasteiger partial charge >= 0.3 is 0 Å². The van der Waals surface area contributed by atoms with Crippen molar-refractivity contribution in [2.45, 2.75) is 0 Å². The molecular formula is C17H21N3O3. The van der Waals surface area contributed by atoms with E-state index in [1.807, 2.05) is 30.3 Å². The van der Waals surface area contributed by atoms with Gasteiger partial charge in [-0.3, -0.25) is 4.79 Å². The average molecular weight is 315 g/mol. The third-order valence-corrected chi connectivity index (χ3v) is 3.95. The predicted molar refractivity (Wildman–Crippen MR) is 86.1 cm³/mol. The molecular weight excluding hydrogens is 294 g/mol. The minimum Gasteiger partial charge on any atom is -0.380 e. The highest BCUT2D eigenvalue weighted by Crippen LogP contribution is 2.21. The molecule has 0 aliphatic carbocycles. The normalized spacial score (nSPS) is 19.3. The highest BCUT2D eigenvalue weighted by Gasteiger charge is 2.20. The fraction of sp³-hybridized carbons (Fsp3) is 0.412. The molecule has 122 valence electrons. The molecule has 1 fully saturated rings. The average Bonchev–Trinajstić information content (AvgIpc) is 2.97. The fourth-order valence-corrected chi connectivity index (χ4v) is 2.71. The summed E-state index contributed by atoms with van der Waals surface area (Å²) < 4.78 is 10.6. The molecule has 0 saturated carbocycles. The smallest absolute Gasteiger partial charge is 0.256 e. The lowest BCUT2D eigenvalue weighted by molar-refractivity contribution is 0.0921. The molecule has 6 nitrogen and oxygen atoms in total. The zero-order chi connectivity index (χ0) is 16.1. The number of ether oxygens (including phenoxy) is 1. The summed E-state index contributed by atoms with van der Waals surface area (Å²) in [5, 5.41) is 6.93. The van der Waals surface area contributed by atoms with E-state index in [2.05, 4.69) is 22.4 Å². The van der Waals surface area contributed by atoms with Crippen molar-refractivity contribution >= 4 is 5.91 Å². The monoisotopic (exact) mass is 315 g/mol. The predicted octanol–water partition coefficient (Wildman–Crippen LogP) is 1.65. The number of carbonyl (C=O) groups is 1. The van der Waals surface area contributed by atoms with Crippen molar-refractivity contribution in [2.75, 3.05) is 39.9 Å². The van der Waals surface area contributed by atoms with Gasteiger partial charge in [-0.2, -0.15) is 0 Å². The highest BCUT2D eigenvalue weighted by atomic mass is 16.5. The van der Waals surface area contributed by atoms with Crippen molar-refractivity contribution in [1.29, 1.82) is 0 Å². The molecule has 0 unspecified atom stereocenters. The first-order valence-electron chi connectivity index (χ1n) is 7.78. The van der Waals surface area contributed by atoms with E-state index in [-0.39, 0.29) is 11.8 Å². The van der Waals surface area contributed by atoms with Crippen LogP contribution in [0, 0.1) is 5.92 Å². The van der Waals surface area contributed by atoms with E-state index in [1.165, 1.54) is 6.26 Å². The Balaban J connectivity index is 1.64. The first-order valence-corrected chi connectivity index (χ1v) is 7.78. The second-order valence-electron chi connectivity index (χ2n) is 5.86. The lowest BCUT2D eigenvalue weighted by Gasteiger charge is -2.19. The zero-order valence-electron chi connectivity index (χ0n) is 13.2. The number of carbonyl (C=O) groups excluding carboxylic acids is 1. The van der Waals surface area contributed by atoms with Crippen molar-refractivity contribution in [1.82, 2.24) is 15.4 Å². The molecule has 2 heterocycles. The molecule has 1 aromatic carbocycles. The Labute approximate surface area is 135 Å². The van der Waals surface area contributed by atoms with Gasteiger partial charge in [0.05, 0.1) is 13.2 Å². The number of nitrogens with zero attached hydrogens (tertiary/aromatic N) is 2. The molecule has 0 bridgehead atoms. The molecule has 1 amide bonds. The van der Waals surface area contributed by atoms with Crippen LogP contribution in [0.4, 0.5) is 0 Å². The van der Waals surface area contributed by atoms with Gasteiger partial charge < -0.3 is 19.5 Å². The summed E-state index contributed by atoms with van der Waals surface area (Å²) in [7, 11) is 2.07. The number of hydrogen-bond donors (Lipinski definition) is 1. The van der Waals surface area contributed by atoms with Crippen molar-refractivity contribution in [3.8, 4) is 11.3 Å². The van der Waals surface area contributed by atoms with Gasteiger partial charge in [0.25, 0.3) is 5.91 Å². The Bertz CT molecular complexity index is 642. The standard InChI is InChI=1S/C17H21N3O3/c1-20-7-8-22-11-13(10-20)9-18-17(21)15-12-23-19-16(15)14-5-3-2-4-6-14/h2-6,12-13H,7-11H2,1H3,(H,18,21)/t13-/m0/s1. The van der Waals surface area contributed by atoms with E-state index in [4.69, 9.17) is 9.26 Å². The van der Waals surface area contributed by atoms with Gasteiger partial charge in [0, 0.05) is 31.1 Å². The van der Waals surface area contributed by atoms with Gasteiger partial charge in [0.1, 0.15) is 17.5 Å². The Morgan fingerprint density at radius 1 is 1.39 bits per heavy atom. The van der Waals surface area contributed by atoms with Crippen LogP contribution in [-0.4, -0.2) is 55.9 Å². The van der Waals surface area contributed by atoms with Crippen molar-refractivity contribution in [2.24, 2.45) is 5.92 Å². The van der Waals surface area contributed by atoms with E-state index >= 15 is 0 Å². The minimum atomic E-state index is -0.169. The lowest BCUT2D eigenvalue weighted by atomic mass is 10.1. The molecule has 2 aromatic rings. The third-order valence-electron chi connectivity index (χ3n) is 3.95. The Morgan fingerprint density at radius 2 is 2.22 bits per heavy atom. The van der Waals surface area contributed by atoms with Crippen molar-refractivity contribution in [3.63, 3.8) is 0 Å². The first-order chi connectivity index (χ1) is 11.2. The fourth-order valence-electron chi connectivity index (χ4n) is 2.71. The van der Waals surface area contributed by atoms with E-state index in [9.17, 15) is 4.79 Å². The molecule has 0 spiro atoms. The number of rotatable bonds is 4. The molecule has 1 atom stereocenters. The van der Waals surface area contributed by atoms with E-state index in [1.54, 1.807) is 0 Å². The SMILES string of the molecule is CN1CCOC[C@@H](CNC(=O)c2conc2-c2ccccc2)C1. The second-order valence-corrected chi connectivity index (χ2v) is 5.86. The first kappa shape index (κ1) is 15.7.